The molecular formula is C18H18ClNO4. The first kappa shape index (κ1) is 16.5. The first-order chi connectivity index (χ1) is 11.5. The average Bonchev–Trinajstić information content (AvgIpc) is 3.03. The third kappa shape index (κ3) is 3.12. The number of hydrogen-bond acceptors (Lipinski definition) is 4. The van der Waals surface area contributed by atoms with E-state index in [9.17, 15) is 4.79 Å². The summed E-state index contributed by atoms with van der Waals surface area (Å²) >= 11 is 6.14. The molecule has 1 aliphatic heterocycles. The molecule has 0 bridgehead atoms. The zero-order valence-electron chi connectivity index (χ0n) is 13.7. The van der Waals surface area contributed by atoms with Crippen LogP contribution in [0.5, 0.6) is 17.2 Å². The monoisotopic (exact) mass is 347 g/mol. The number of benzene rings is 2. The van der Waals surface area contributed by atoms with Crippen LogP contribution in [-0.2, 0) is 0 Å². The van der Waals surface area contributed by atoms with Crippen LogP contribution in [0.25, 0.3) is 0 Å². The Labute approximate surface area is 145 Å². The van der Waals surface area contributed by atoms with Gasteiger partial charge in [-0.1, -0.05) is 29.3 Å². The highest BCUT2D eigenvalue weighted by Gasteiger charge is 2.22. The van der Waals surface area contributed by atoms with E-state index in [1.165, 1.54) is 0 Å². The Balaban J connectivity index is 1.82. The second-order valence-corrected chi connectivity index (χ2v) is 6.04. The van der Waals surface area contributed by atoms with Gasteiger partial charge in [0.05, 0.1) is 18.2 Å². The third-order valence-corrected chi connectivity index (χ3v) is 4.17. The highest BCUT2D eigenvalue weighted by atomic mass is 35.5. The van der Waals surface area contributed by atoms with Crippen LogP contribution in [0.3, 0.4) is 0 Å². The molecule has 1 aliphatic rings. The molecular weight excluding hydrogens is 330 g/mol. The van der Waals surface area contributed by atoms with Crippen LogP contribution in [0.2, 0.25) is 5.02 Å². The molecule has 1 atom stereocenters. The maximum Gasteiger partial charge on any atom is 0.251 e. The van der Waals surface area contributed by atoms with Crippen molar-refractivity contribution < 1.29 is 19.0 Å². The smallest absolute Gasteiger partial charge is 0.251 e. The number of carbonyl (C=O) groups is 1. The first-order valence-corrected chi connectivity index (χ1v) is 7.92. The quantitative estimate of drug-likeness (QED) is 0.912. The Morgan fingerprint density at radius 2 is 2.08 bits per heavy atom. The van der Waals surface area contributed by atoms with E-state index in [2.05, 4.69) is 5.32 Å². The van der Waals surface area contributed by atoms with Crippen LogP contribution in [0.4, 0.5) is 0 Å². The number of carbonyl (C=O) groups excluding carboxylic acids is 1. The van der Waals surface area contributed by atoms with Crippen molar-refractivity contribution in [2.24, 2.45) is 0 Å². The number of amides is 1. The van der Waals surface area contributed by atoms with Crippen molar-refractivity contribution in [1.82, 2.24) is 5.32 Å². The van der Waals surface area contributed by atoms with E-state index in [1.54, 1.807) is 19.2 Å². The maximum atomic E-state index is 12.6. The van der Waals surface area contributed by atoms with Crippen LogP contribution < -0.4 is 19.5 Å². The van der Waals surface area contributed by atoms with Gasteiger partial charge >= 0.3 is 0 Å². The lowest BCUT2D eigenvalue weighted by Crippen LogP contribution is -2.27. The average molecular weight is 348 g/mol. The van der Waals surface area contributed by atoms with Crippen LogP contribution in [0, 0.1) is 6.92 Å². The lowest BCUT2D eigenvalue weighted by molar-refractivity contribution is 0.0939. The Morgan fingerprint density at radius 3 is 2.83 bits per heavy atom. The van der Waals surface area contributed by atoms with Crippen LogP contribution >= 0.6 is 11.6 Å². The predicted molar refractivity (Wildman–Crippen MR) is 91.2 cm³/mol. The lowest BCUT2D eigenvalue weighted by atomic mass is 10.0. The van der Waals surface area contributed by atoms with Crippen LogP contribution in [-0.4, -0.2) is 19.8 Å². The summed E-state index contributed by atoms with van der Waals surface area (Å²) in [4.78, 5) is 12.6. The van der Waals surface area contributed by atoms with Crippen molar-refractivity contribution in [1.29, 1.82) is 0 Å². The first-order valence-electron chi connectivity index (χ1n) is 7.54. The fraction of sp³-hybridized carbons (Fsp3) is 0.278. The molecule has 126 valence electrons. The molecule has 0 aromatic heterocycles. The largest absolute Gasteiger partial charge is 0.496 e. The topological polar surface area (TPSA) is 56.8 Å². The molecule has 3 rings (SSSR count). The summed E-state index contributed by atoms with van der Waals surface area (Å²) in [5.41, 5.74) is 2.43. The molecule has 6 heteroatoms. The minimum Gasteiger partial charge on any atom is -0.496 e. The zero-order valence-corrected chi connectivity index (χ0v) is 14.4. The molecule has 2 aromatic carbocycles. The number of fused-ring (bicyclic) bond motifs is 1. The highest BCUT2D eigenvalue weighted by molar-refractivity contribution is 6.32. The second-order valence-electron chi connectivity index (χ2n) is 5.63. The zero-order chi connectivity index (χ0) is 17.3. The number of hydrogen-bond donors (Lipinski definition) is 1. The summed E-state index contributed by atoms with van der Waals surface area (Å²) in [6.45, 7) is 4.01. The fourth-order valence-corrected chi connectivity index (χ4v) is 2.91. The van der Waals surface area contributed by atoms with Crippen LogP contribution in [0.1, 0.15) is 34.5 Å². The van der Waals surface area contributed by atoms with Gasteiger partial charge in [-0.05, 0) is 32.0 Å². The Bertz CT molecular complexity index is 791. The van der Waals surface area contributed by atoms with Gasteiger partial charge in [-0.2, -0.15) is 0 Å². The number of nitrogens with one attached hydrogen (secondary N) is 1. The van der Waals surface area contributed by atoms with Gasteiger partial charge in [-0.15, -0.1) is 0 Å². The summed E-state index contributed by atoms with van der Waals surface area (Å²) in [6, 6.07) is 8.83. The van der Waals surface area contributed by atoms with Gasteiger partial charge in [0, 0.05) is 11.1 Å². The Kier molecular flexibility index (Phi) is 4.53. The number of methoxy groups -OCH3 is 1. The summed E-state index contributed by atoms with van der Waals surface area (Å²) in [5, 5.41) is 3.32. The van der Waals surface area contributed by atoms with Gasteiger partial charge in [0.25, 0.3) is 5.91 Å². The minimum absolute atomic E-state index is 0.108. The van der Waals surface area contributed by atoms with E-state index in [4.69, 9.17) is 25.8 Å². The van der Waals surface area contributed by atoms with Crippen molar-refractivity contribution in [2.45, 2.75) is 19.9 Å². The second kappa shape index (κ2) is 6.61. The Hall–Kier alpha value is -2.40. The van der Waals surface area contributed by atoms with E-state index in [0.29, 0.717) is 22.1 Å². The number of rotatable bonds is 4. The van der Waals surface area contributed by atoms with Gasteiger partial charge in [-0.25, -0.2) is 0 Å². The summed E-state index contributed by atoms with van der Waals surface area (Å²) in [5.74, 6) is 1.44. The van der Waals surface area contributed by atoms with E-state index in [1.807, 2.05) is 32.0 Å². The fourth-order valence-electron chi connectivity index (χ4n) is 2.65. The molecule has 0 saturated heterocycles. The molecule has 24 heavy (non-hydrogen) atoms. The molecule has 0 spiro atoms. The minimum atomic E-state index is -0.244. The predicted octanol–water partition coefficient (Wildman–Crippen LogP) is 3.88. The SMILES string of the molecule is COc1ccc(C)cc1[C@@H](C)NC(=O)c1cc(Cl)c2c(c1)OCO2. The number of aryl methyl sites for hydroxylation is 1. The van der Waals surface area contributed by atoms with Crippen molar-refractivity contribution >= 4 is 17.5 Å². The van der Waals surface area contributed by atoms with Gasteiger partial charge in [0.1, 0.15) is 5.75 Å². The van der Waals surface area contributed by atoms with E-state index < -0.39 is 0 Å². The van der Waals surface area contributed by atoms with Crippen LogP contribution in [0.15, 0.2) is 30.3 Å². The van der Waals surface area contributed by atoms with Crippen molar-refractivity contribution in [3.05, 3.63) is 52.0 Å². The highest BCUT2D eigenvalue weighted by Crippen LogP contribution is 2.40. The normalized spacial score (nSPS) is 13.5. The Morgan fingerprint density at radius 1 is 1.29 bits per heavy atom. The summed E-state index contributed by atoms with van der Waals surface area (Å²) < 4.78 is 15.9. The van der Waals surface area contributed by atoms with Crippen molar-refractivity contribution in [2.75, 3.05) is 13.9 Å². The molecule has 5 nitrogen and oxygen atoms in total. The van der Waals surface area contributed by atoms with E-state index >= 15 is 0 Å². The molecule has 0 unspecified atom stereocenters. The lowest BCUT2D eigenvalue weighted by Gasteiger charge is -2.18. The van der Waals surface area contributed by atoms with E-state index in [0.717, 1.165) is 16.9 Å². The maximum absolute atomic E-state index is 12.6. The molecule has 1 amide bonds. The molecule has 0 saturated carbocycles. The van der Waals surface area contributed by atoms with Gasteiger partial charge in [-0.3, -0.25) is 4.79 Å². The molecule has 1 heterocycles. The summed E-state index contributed by atoms with van der Waals surface area (Å²) in [6.07, 6.45) is 0. The summed E-state index contributed by atoms with van der Waals surface area (Å²) in [7, 11) is 1.61. The van der Waals surface area contributed by atoms with Gasteiger partial charge in [0.15, 0.2) is 11.5 Å². The number of halogens is 1. The van der Waals surface area contributed by atoms with Crippen molar-refractivity contribution in [3.8, 4) is 17.2 Å². The molecule has 0 fully saturated rings. The van der Waals surface area contributed by atoms with Gasteiger partial charge < -0.3 is 19.5 Å². The molecule has 0 aliphatic carbocycles. The standard InChI is InChI=1S/C18H18ClNO4/c1-10-4-5-15(22-3)13(6-10)11(2)20-18(21)12-7-14(19)17-16(8-12)23-9-24-17/h4-8,11H,9H2,1-3H3,(H,20,21)/t11-/m1/s1. The van der Waals surface area contributed by atoms with Crippen molar-refractivity contribution in [3.63, 3.8) is 0 Å². The molecule has 2 aromatic rings. The van der Waals surface area contributed by atoms with E-state index in [-0.39, 0.29) is 18.7 Å². The van der Waals surface area contributed by atoms with Gasteiger partial charge in [0.2, 0.25) is 6.79 Å². The number of ether oxygens (including phenoxy) is 3. The molecule has 1 N–H and O–H groups in total. The molecule has 0 radical (unpaired) electrons. The third-order valence-electron chi connectivity index (χ3n) is 3.89.